The second-order valence-corrected chi connectivity index (χ2v) is 10.0. The van der Waals surface area contributed by atoms with E-state index in [-0.39, 0.29) is 17.4 Å². The van der Waals surface area contributed by atoms with Crippen molar-refractivity contribution in [2.24, 2.45) is 0 Å². The number of aromatic nitrogens is 4. The van der Waals surface area contributed by atoms with Crippen molar-refractivity contribution in [3.63, 3.8) is 0 Å². The van der Waals surface area contributed by atoms with Crippen molar-refractivity contribution in [3.05, 3.63) is 69.8 Å². The van der Waals surface area contributed by atoms with Crippen molar-refractivity contribution in [1.29, 1.82) is 0 Å². The van der Waals surface area contributed by atoms with Gasteiger partial charge in [0, 0.05) is 28.0 Å². The molecule has 1 amide bonds. The number of rotatable bonds is 9. The van der Waals surface area contributed by atoms with Crippen LogP contribution in [0.2, 0.25) is 0 Å². The minimum atomic E-state index is -0.795. The molecular weight excluding hydrogens is 560 g/mol. The summed E-state index contributed by atoms with van der Waals surface area (Å²) in [6.07, 6.45) is -0.641. The van der Waals surface area contributed by atoms with E-state index in [4.69, 9.17) is 4.74 Å². The van der Waals surface area contributed by atoms with Crippen LogP contribution in [0.3, 0.4) is 0 Å². The number of carbonyl (C=O) groups excluding carboxylic acids is 1. The van der Waals surface area contributed by atoms with Gasteiger partial charge in [0.15, 0.2) is 33.8 Å². The van der Waals surface area contributed by atoms with E-state index in [2.05, 4.69) is 36.4 Å². The van der Waals surface area contributed by atoms with Gasteiger partial charge in [-0.05, 0) is 38.1 Å². The molecule has 182 valence electrons. The maximum Gasteiger partial charge on any atom is 0.236 e. The molecule has 1 unspecified atom stereocenters. The van der Waals surface area contributed by atoms with Crippen molar-refractivity contribution in [2.75, 3.05) is 11.1 Å². The molecular formula is C23H20BrF2N5O2S2. The number of hydrogen-bond donors (Lipinski definition) is 1. The maximum atomic E-state index is 14.0. The number of benzene rings is 2. The summed E-state index contributed by atoms with van der Waals surface area (Å²) >= 11 is 5.98. The van der Waals surface area contributed by atoms with Crippen LogP contribution in [0.4, 0.5) is 13.9 Å². The lowest BCUT2D eigenvalue weighted by atomic mass is 10.2. The quantitative estimate of drug-likeness (QED) is 0.233. The molecule has 4 aromatic rings. The highest BCUT2D eigenvalue weighted by Gasteiger charge is 2.21. The van der Waals surface area contributed by atoms with E-state index in [1.807, 2.05) is 36.6 Å². The number of hydrogen-bond acceptors (Lipinski definition) is 7. The number of nitrogens with zero attached hydrogens (tertiary/aromatic N) is 4. The van der Waals surface area contributed by atoms with Crippen LogP contribution in [-0.4, -0.2) is 31.4 Å². The molecule has 0 radical (unpaired) electrons. The van der Waals surface area contributed by atoms with E-state index in [0.29, 0.717) is 22.7 Å². The summed E-state index contributed by atoms with van der Waals surface area (Å²) in [5.74, 6) is -1.21. The van der Waals surface area contributed by atoms with Gasteiger partial charge < -0.3 is 14.6 Å². The molecule has 1 atom stereocenters. The van der Waals surface area contributed by atoms with E-state index in [0.717, 1.165) is 27.9 Å². The molecule has 12 heteroatoms. The third-order valence-corrected chi connectivity index (χ3v) is 7.10. The number of nitrogens with one attached hydrogen (secondary N) is 1. The number of thiazole rings is 1. The summed E-state index contributed by atoms with van der Waals surface area (Å²) in [4.78, 5) is 17.0. The van der Waals surface area contributed by atoms with Crippen molar-refractivity contribution in [1.82, 2.24) is 19.7 Å². The molecule has 2 heterocycles. The first-order valence-corrected chi connectivity index (χ1v) is 13.2. The molecule has 0 fully saturated rings. The van der Waals surface area contributed by atoms with Gasteiger partial charge in [0.25, 0.3) is 0 Å². The minimum absolute atomic E-state index is 0.0795. The molecule has 2 aromatic carbocycles. The Labute approximate surface area is 217 Å². The number of halogens is 3. The topological polar surface area (TPSA) is 81.9 Å². The zero-order valence-corrected chi connectivity index (χ0v) is 21.9. The average molecular weight is 580 g/mol. The molecule has 0 aliphatic carbocycles. The Morgan fingerprint density at radius 1 is 1.23 bits per heavy atom. The highest BCUT2D eigenvalue weighted by atomic mass is 79.9. The molecule has 0 saturated heterocycles. The number of ether oxygens (including phenoxy) is 1. The summed E-state index contributed by atoms with van der Waals surface area (Å²) in [7, 11) is 0. The van der Waals surface area contributed by atoms with Crippen LogP contribution in [-0.2, 0) is 11.3 Å². The van der Waals surface area contributed by atoms with Crippen LogP contribution in [0.25, 0.3) is 11.3 Å². The second kappa shape index (κ2) is 11.3. The van der Waals surface area contributed by atoms with Crippen LogP contribution in [0, 0.1) is 11.6 Å². The van der Waals surface area contributed by atoms with Gasteiger partial charge >= 0.3 is 0 Å². The van der Waals surface area contributed by atoms with Gasteiger partial charge in [0.05, 0.1) is 11.4 Å². The number of anilines is 1. The standard InChI is InChI=1S/C23H20BrF2N5O2S2/c1-3-31-21(13(2)33-19-9-8-16(25)10-17(19)26)29-30-23(31)35-12-20(32)28-22-27-18(11-34-22)14-4-6-15(24)7-5-14/h4-11,13H,3,12H2,1-2H3,(H,27,28,32). The fraction of sp³-hybridized carbons (Fsp3) is 0.217. The second-order valence-electron chi connectivity index (χ2n) is 7.30. The lowest BCUT2D eigenvalue weighted by molar-refractivity contribution is -0.113. The third kappa shape index (κ3) is 6.24. The molecule has 0 aliphatic heterocycles. The summed E-state index contributed by atoms with van der Waals surface area (Å²) in [5.41, 5.74) is 1.74. The first-order chi connectivity index (χ1) is 16.8. The Hall–Kier alpha value is -2.83. The van der Waals surface area contributed by atoms with E-state index in [9.17, 15) is 13.6 Å². The molecule has 1 N–H and O–H groups in total. The Kier molecular flexibility index (Phi) is 8.14. The largest absolute Gasteiger partial charge is 0.480 e. The van der Waals surface area contributed by atoms with Gasteiger partial charge in [-0.25, -0.2) is 13.8 Å². The number of thioether (sulfide) groups is 1. The SMILES string of the molecule is CCn1c(SCC(=O)Nc2nc(-c3ccc(Br)cc3)cs2)nnc1C(C)Oc1ccc(F)cc1F. The van der Waals surface area contributed by atoms with Gasteiger partial charge in [0.1, 0.15) is 5.82 Å². The Morgan fingerprint density at radius 2 is 2.00 bits per heavy atom. The summed E-state index contributed by atoms with van der Waals surface area (Å²) in [6.45, 7) is 4.13. The highest BCUT2D eigenvalue weighted by molar-refractivity contribution is 9.10. The smallest absolute Gasteiger partial charge is 0.236 e. The van der Waals surface area contributed by atoms with E-state index >= 15 is 0 Å². The first kappa shape index (κ1) is 25.3. The molecule has 35 heavy (non-hydrogen) atoms. The summed E-state index contributed by atoms with van der Waals surface area (Å²) in [6, 6.07) is 10.9. The van der Waals surface area contributed by atoms with E-state index < -0.39 is 17.7 Å². The average Bonchev–Trinajstić information content (AvgIpc) is 3.47. The summed E-state index contributed by atoms with van der Waals surface area (Å²) < 4.78 is 35.5. The molecule has 0 bridgehead atoms. The Balaban J connectivity index is 1.36. The van der Waals surface area contributed by atoms with E-state index in [1.54, 1.807) is 11.5 Å². The van der Waals surface area contributed by atoms with Gasteiger partial charge in [-0.15, -0.1) is 21.5 Å². The molecule has 0 spiro atoms. The molecule has 0 saturated carbocycles. The zero-order valence-electron chi connectivity index (χ0n) is 18.7. The van der Waals surface area contributed by atoms with Crippen molar-refractivity contribution in [2.45, 2.75) is 31.7 Å². The minimum Gasteiger partial charge on any atom is -0.480 e. The fourth-order valence-electron chi connectivity index (χ4n) is 3.19. The zero-order chi connectivity index (χ0) is 24.9. The van der Waals surface area contributed by atoms with Crippen LogP contribution in [0.1, 0.15) is 25.8 Å². The predicted octanol–water partition coefficient (Wildman–Crippen LogP) is 6.33. The van der Waals surface area contributed by atoms with Crippen molar-refractivity contribution >= 4 is 50.1 Å². The fourth-order valence-corrected chi connectivity index (χ4v) is 5.00. The van der Waals surface area contributed by atoms with E-state index in [1.165, 1.54) is 29.2 Å². The number of carbonyl (C=O) groups is 1. The van der Waals surface area contributed by atoms with Gasteiger partial charge in [-0.2, -0.15) is 0 Å². The van der Waals surface area contributed by atoms with Crippen LogP contribution >= 0.6 is 39.0 Å². The lowest BCUT2D eigenvalue weighted by Crippen LogP contribution is -2.15. The molecule has 7 nitrogen and oxygen atoms in total. The highest BCUT2D eigenvalue weighted by Crippen LogP contribution is 2.28. The van der Waals surface area contributed by atoms with Gasteiger partial charge in [-0.3, -0.25) is 4.79 Å². The normalized spacial score (nSPS) is 11.9. The molecule has 2 aromatic heterocycles. The van der Waals surface area contributed by atoms with Gasteiger partial charge in [0.2, 0.25) is 5.91 Å². The monoisotopic (exact) mass is 579 g/mol. The Bertz CT molecular complexity index is 1330. The maximum absolute atomic E-state index is 14.0. The van der Waals surface area contributed by atoms with Crippen molar-refractivity contribution in [3.8, 4) is 17.0 Å². The number of amides is 1. The third-order valence-electron chi connectivity index (χ3n) is 4.85. The van der Waals surface area contributed by atoms with Crippen molar-refractivity contribution < 1.29 is 18.3 Å². The molecule has 4 rings (SSSR count). The summed E-state index contributed by atoms with van der Waals surface area (Å²) in [5, 5.41) is 14.1. The Morgan fingerprint density at radius 3 is 2.71 bits per heavy atom. The molecule has 0 aliphatic rings. The van der Waals surface area contributed by atoms with Crippen LogP contribution in [0.15, 0.2) is 57.5 Å². The van der Waals surface area contributed by atoms with Crippen LogP contribution < -0.4 is 10.1 Å². The first-order valence-electron chi connectivity index (χ1n) is 10.5. The predicted molar refractivity (Wildman–Crippen MR) is 136 cm³/mol. The van der Waals surface area contributed by atoms with Gasteiger partial charge in [-0.1, -0.05) is 39.8 Å². The van der Waals surface area contributed by atoms with Crippen LogP contribution in [0.5, 0.6) is 5.75 Å². The lowest BCUT2D eigenvalue weighted by Gasteiger charge is -2.16.